The standard InChI is InChI=1S/C11H19N3O/c12-9-5-13-3-1-10(9)15-11-7-14-4-2-8(11)6-14/h8,11,13H,1-7,12H2. The van der Waals surface area contributed by atoms with Crippen molar-refractivity contribution in [3.05, 3.63) is 11.5 Å². The molecule has 0 aliphatic carbocycles. The topological polar surface area (TPSA) is 50.5 Å². The lowest BCUT2D eigenvalue weighted by molar-refractivity contribution is 0.0641. The fourth-order valence-corrected chi connectivity index (χ4v) is 2.87. The van der Waals surface area contributed by atoms with Gasteiger partial charge in [-0.1, -0.05) is 0 Å². The summed E-state index contributed by atoms with van der Waals surface area (Å²) in [7, 11) is 0. The minimum Gasteiger partial charge on any atom is -0.491 e. The average Bonchev–Trinajstić information content (AvgIpc) is 2.83. The second-order valence-electron chi connectivity index (χ2n) is 4.84. The van der Waals surface area contributed by atoms with E-state index in [1.807, 2.05) is 0 Å². The van der Waals surface area contributed by atoms with Gasteiger partial charge in [-0.05, 0) is 13.0 Å². The maximum Gasteiger partial charge on any atom is 0.118 e. The van der Waals surface area contributed by atoms with Crippen LogP contribution in [-0.2, 0) is 4.74 Å². The molecular weight excluding hydrogens is 190 g/mol. The summed E-state index contributed by atoms with van der Waals surface area (Å²) in [6.45, 7) is 5.39. The van der Waals surface area contributed by atoms with Gasteiger partial charge in [0.2, 0.25) is 0 Å². The summed E-state index contributed by atoms with van der Waals surface area (Å²) in [6, 6.07) is 0. The Hall–Kier alpha value is -0.740. The fraction of sp³-hybridized carbons (Fsp3) is 0.818. The van der Waals surface area contributed by atoms with Crippen molar-refractivity contribution in [2.24, 2.45) is 11.7 Å². The molecule has 2 bridgehead atoms. The molecule has 3 aliphatic heterocycles. The number of nitrogens with one attached hydrogen (secondary N) is 1. The molecule has 84 valence electrons. The maximum absolute atomic E-state index is 6.07. The van der Waals surface area contributed by atoms with Gasteiger partial charge in [-0.25, -0.2) is 0 Å². The molecule has 0 spiro atoms. The molecular formula is C11H19N3O. The number of hydrogen-bond acceptors (Lipinski definition) is 4. The third-order valence-corrected chi connectivity index (χ3v) is 3.77. The molecule has 15 heavy (non-hydrogen) atoms. The highest BCUT2D eigenvalue weighted by Gasteiger charge is 2.39. The van der Waals surface area contributed by atoms with Crippen LogP contribution in [0.1, 0.15) is 12.8 Å². The van der Waals surface area contributed by atoms with E-state index in [-0.39, 0.29) is 0 Å². The molecule has 4 heteroatoms. The van der Waals surface area contributed by atoms with Crippen LogP contribution in [0.3, 0.4) is 0 Å². The lowest BCUT2D eigenvalue weighted by Crippen LogP contribution is -2.34. The van der Waals surface area contributed by atoms with Gasteiger partial charge in [0.25, 0.3) is 0 Å². The van der Waals surface area contributed by atoms with Crippen LogP contribution in [0, 0.1) is 5.92 Å². The number of fused-ring (bicyclic) bond motifs is 2. The predicted octanol–water partition coefficient (Wildman–Crippen LogP) is -0.129. The first-order chi connectivity index (χ1) is 7.33. The van der Waals surface area contributed by atoms with E-state index in [9.17, 15) is 0 Å². The molecule has 3 aliphatic rings. The van der Waals surface area contributed by atoms with Gasteiger partial charge in [0.05, 0.1) is 5.70 Å². The van der Waals surface area contributed by atoms with Crippen LogP contribution in [0.5, 0.6) is 0 Å². The number of nitrogens with zero attached hydrogens (tertiary/aromatic N) is 1. The molecule has 2 fully saturated rings. The molecule has 3 rings (SSSR count). The molecule has 0 aromatic heterocycles. The van der Waals surface area contributed by atoms with Crippen LogP contribution in [0.4, 0.5) is 0 Å². The largest absolute Gasteiger partial charge is 0.491 e. The van der Waals surface area contributed by atoms with Gasteiger partial charge in [0.15, 0.2) is 0 Å². The summed E-state index contributed by atoms with van der Waals surface area (Å²) in [5.41, 5.74) is 6.84. The monoisotopic (exact) mass is 209 g/mol. The molecule has 0 radical (unpaired) electrons. The Morgan fingerprint density at radius 3 is 3.00 bits per heavy atom. The number of rotatable bonds is 2. The molecule has 3 unspecified atom stereocenters. The lowest BCUT2D eigenvalue weighted by Gasteiger charge is -2.27. The van der Waals surface area contributed by atoms with Gasteiger partial charge >= 0.3 is 0 Å². The minimum absolute atomic E-state index is 0.408. The Morgan fingerprint density at radius 2 is 2.33 bits per heavy atom. The molecule has 3 N–H and O–H groups in total. The van der Waals surface area contributed by atoms with Crippen LogP contribution in [-0.4, -0.2) is 43.7 Å². The van der Waals surface area contributed by atoms with Gasteiger partial charge in [0, 0.05) is 38.5 Å². The predicted molar refractivity (Wildman–Crippen MR) is 58.1 cm³/mol. The van der Waals surface area contributed by atoms with Gasteiger partial charge in [-0.15, -0.1) is 0 Å². The zero-order chi connectivity index (χ0) is 10.3. The molecule has 0 saturated carbocycles. The molecule has 0 aromatic carbocycles. The van der Waals surface area contributed by atoms with E-state index in [1.165, 1.54) is 19.5 Å². The summed E-state index contributed by atoms with van der Waals surface area (Å²) < 4.78 is 6.07. The highest BCUT2D eigenvalue weighted by Crippen LogP contribution is 2.32. The molecule has 3 atom stereocenters. The Balaban J connectivity index is 1.65. The average molecular weight is 209 g/mol. The highest BCUT2D eigenvalue weighted by atomic mass is 16.5. The van der Waals surface area contributed by atoms with Gasteiger partial charge in [0.1, 0.15) is 11.9 Å². The number of nitrogens with two attached hydrogens (primary N) is 1. The van der Waals surface area contributed by atoms with E-state index in [2.05, 4.69) is 10.2 Å². The number of ether oxygens (including phenoxy) is 1. The van der Waals surface area contributed by atoms with Crippen LogP contribution >= 0.6 is 0 Å². The zero-order valence-electron chi connectivity index (χ0n) is 9.04. The van der Waals surface area contributed by atoms with E-state index in [0.29, 0.717) is 6.10 Å². The summed E-state index contributed by atoms with van der Waals surface area (Å²) in [6.07, 6.45) is 2.66. The summed E-state index contributed by atoms with van der Waals surface area (Å²) in [4.78, 5) is 2.49. The molecule has 4 nitrogen and oxygen atoms in total. The number of piperidine rings is 1. The molecule has 0 amide bonds. The van der Waals surface area contributed by atoms with Gasteiger partial charge < -0.3 is 15.8 Å². The third-order valence-electron chi connectivity index (χ3n) is 3.77. The van der Waals surface area contributed by atoms with Crippen molar-refractivity contribution in [1.82, 2.24) is 10.2 Å². The van der Waals surface area contributed by atoms with Crippen LogP contribution < -0.4 is 11.1 Å². The van der Waals surface area contributed by atoms with Gasteiger partial charge in [-0.2, -0.15) is 0 Å². The fourth-order valence-electron chi connectivity index (χ4n) is 2.87. The molecule has 3 heterocycles. The van der Waals surface area contributed by atoms with Crippen molar-refractivity contribution in [3.8, 4) is 0 Å². The van der Waals surface area contributed by atoms with E-state index >= 15 is 0 Å². The van der Waals surface area contributed by atoms with Gasteiger partial charge in [-0.3, -0.25) is 4.90 Å². The quantitative estimate of drug-likeness (QED) is 0.665. The maximum atomic E-state index is 6.07. The summed E-state index contributed by atoms with van der Waals surface area (Å²) in [5.74, 6) is 1.80. The Bertz CT molecular complexity index is 290. The second kappa shape index (κ2) is 3.68. The summed E-state index contributed by atoms with van der Waals surface area (Å²) >= 11 is 0. The van der Waals surface area contributed by atoms with E-state index in [1.54, 1.807) is 0 Å². The lowest BCUT2D eigenvalue weighted by atomic mass is 10.0. The van der Waals surface area contributed by atoms with Crippen molar-refractivity contribution in [2.75, 3.05) is 32.7 Å². The van der Waals surface area contributed by atoms with Crippen molar-refractivity contribution in [2.45, 2.75) is 18.9 Å². The van der Waals surface area contributed by atoms with Crippen LogP contribution in [0.25, 0.3) is 0 Å². The Labute approximate surface area is 90.4 Å². The summed E-state index contributed by atoms with van der Waals surface area (Å²) in [5, 5.41) is 3.25. The Kier molecular flexibility index (Phi) is 2.33. The second-order valence-corrected chi connectivity index (χ2v) is 4.84. The first kappa shape index (κ1) is 9.48. The van der Waals surface area contributed by atoms with Crippen molar-refractivity contribution in [3.63, 3.8) is 0 Å². The van der Waals surface area contributed by atoms with Crippen molar-refractivity contribution in [1.29, 1.82) is 0 Å². The Morgan fingerprint density at radius 1 is 1.40 bits per heavy atom. The van der Waals surface area contributed by atoms with E-state index in [0.717, 1.165) is 43.4 Å². The SMILES string of the molecule is NC1=C(OC2CN3CCC2C3)CCNC1. The van der Waals surface area contributed by atoms with E-state index in [4.69, 9.17) is 10.5 Å². The van der Waals surface area contributed by atoms with Crippen LogP contribution in [0.2, 0.25) is 0 Å². The number of hydrogen-bond donors (Lipinski definition) is 2. The van der Waals surface area contributed by atoms with E-state index < -0.39 is 0 Å². The molecule has 2 saturated heterocycles. The van der Waals surface area contributed by atoms with Crippen molar-refractivity contribution < 1.29 is 4.74 Å². The first-order valence-electron chi connectivity index (χ1n) is 5.90. The minimum atomic E-state index is 0.408. The molecule has 0 aromatic rings. The first-order valence-corrected chi connectivity index (χ1v) is 5.90. The van der Waals surface area contributed by atoms with Crippen LogP contribution in [0.15, 0.2) is 11.5 Å². The van der Waals surface area contributed by atoms with Crippen molar-refractivity contribution >= 4 is 0 Å². The third kappa shape index (κ3) is 1.72. The highest BCUT2D eigenvalue weighted by molar-refractivity contribution is 5.11. The zero-order valence-corrected chi connectivity index (χ0v) is 9.04. The smallest absolute Gasteiger partial charge is 0.118 e. The normalized spacial score (nSPS) is 39.9.